The average Bonchev–Trinajstić information content (AvgIpc) is 2.65. The number of sulfonamides is 1. The van der Waals surface area contributed by atoms with Crippen LogP contribution < -0.4 is 9.62 Å². The Bertz CT molecular complexity index is 993. The van der Waals surface area contributed by atoms with Gasteiger partial charge in [-0.3, -0.25) is 4.79 Å². The summed E-state index contributed by atoms with van der Waals surface area (Å²) in [6, 6.07) is 8.22. The van der Waals surface area contributed by atoms with Crippen LogP contribution in [0.15, 0.2) is 36.4 Å². The van der Waals surface area contributed by atoms with E-state index in [1.165, 1.54) is 0 Å². The van der Waals surface area contributed by atoms with E-state index in [1.807, 2.05) is 19.1 Å². The zero-order valence-electron chi connectivity index (χ0n) is 15.5. The van der Waals surface area contributed by atoms with Gasteiger partial charge < -0.3 is 4.90 Å². The first kappa shape index (κ1) is 20.4. The summed E-state index contributed by atoms with van der Waals surface area (Å²) in [4.78, 5) is 13.9. The van der Waals surface area contributed by atoms with Crippen LogP contribution in [0.25, 0.3) is 0 Å². The molecule has 2 aromatic carbocycles. The van der Waals surface area contributed by atoms with Crippen LogP contribution in [0, 0.1) is 11.6 Å². The van der Waals surface area contributed by atoms with Gasteiger partial charge in [-0.25, -0.2) is 21.9 Å². The summed E-state index contributed by atoms with van der Waals surface area (Å²) in [5, 5.41) is 0. The molecule has 1 aliphatic heterocycles. The van der Waals surface area contributed by atoms with E-state index in [9.17, 15) is 22.0 Å². The van der Waals surface area contributed by atoms with Gasteiger partial charge in [-0.2, -0.15) is 0 Å². The fraction of sp³-hybridized carbons (Fsp3) is 0.350. The van der Waals surface area contributed by atoms with Crippen molar-refractivity contribution in [3.63, 3.8) is 0 Å². The van der Waals surface area contributed by atoms with Gasteiger partial charge >= 0.3 is 0 Å². The quantitative estimate of drug-likeness (QED) is 0.765. The number of nitrogens with one attached hydrogen (secondary N) is 1. The third-order valence-corrected chi connectivity index (χ3v) is 5.92. The van der Waals surface area contributed by atoms with Crippen molar-refractivity contribution in [3.8, 4) is 0 Å². The van der Waals surface area contributed by atoms with Crippen LogP contribution in [0.2, 0.25) is 0 Å². The monoisotopic (exact) mass is 408 g/mol. The number of benzene rings is 2. The van der Waals surface area contributed by atoms with E-state index in [2.05, 4.69) is 4.72 Å². The summed E-state index contributed by atoms with van der Waals surface area (Å²) in [6.45, 7) is 2.69. The first-order valence-corrected chi connectivity index (χ1v) is 10.8. The molecule has 1 N–H and O–H groups in total. The van der Waals surface area contributed by atoms with Gasteiger partial charge in [0.2, 0.25) is 15.9 Å². The van der Waals surface area contributed by atoms with Crippen LogP contribution >= 0.6 is 0 Å². The summed E-state index contributed by atoms with van der Waals surface area (Å²) >= 11 is 0. The molecule has 28 heavy (non-hydrogen) atoms. The molecule has 0 fully saturated rings. The van der Waals surface area contributed by atoms with E-state index in [-0.39, 0.29) is 18.0 Å². The van der Waals surface area contributed by atoms with Gasteiger partial charge in [0, 0.05) is 30.8 Å². The first-order chi connectivity index (χ1) is 13.3. The molecular weight excluding hydrogens is 386 g/mol. The van der Waals surface area contributed by atoms with E-state index in [0.717, 1.165) is 41.4 Å². The number of carbonyl (C=O) groups excluding carboxylic acids is 1. The molecule has 3 rings (SSSR count). The Hall–Kier alpha value is -2.32. The van der Waals surface area contributed by atoms with E-state index in [4.69, 9.17) is 0 Å². The zero-order chi connectivity index (χ0) is 20.3. The maximum atomic E-state index is 13.7. The van der Waals surface area contributed by atoms with Crippen LogP contribution in [0.3, 0.4) is 0 Å². The number of halogens is 2. The number of hydrogen-bond acceptors (Lipinski definition) is 3. The lowest BCUT2D eigenvalue weighted by atomic mass is 9.98. The topological polar surface area (TPSA) is 66.5 Å². The van der Waals surface area contributed by atoms with Gasteiger partial charge in [0.25, 0.3) is 0 Å². The molecule has 1 heterocycles. The molecule has 0 spiro atoms. The SMILES string of the molecule is CCCN1C(=O)CCc2cc(CNS(=O)(=O)Cc3cc(F)ccc3F)ccc21. The molecule has 0 saturated carbocycles. The van der Waals surface area contributed by atoms with Crippen LogP contribution in [0.5, 0.6) is 0 Å². The second-order valence-corrected chi connectivity index (χ2v) is 8.63. The Morgan fingerprint density at radius 1 is 1.11 bits per heavy atom. The Morgan fingerprint density at radius 3 is 2.64 bits per heavy atom. The molecule has 0 radical (unpaired) electrons. The Morgan fingerprint density at radius 2 is 1.89 bits per heavy atom. The van der Waals surface area contributed by atoms with Crippen LogP contribution in [-0.4, -0.2) is 20.9 Å². The van der Waals surface area contributed by atoms with Gasteiger partial charge in [0.15, 0.2) is 0 Å². The van der Waals surface area contributed by atoms with Crippen molar-refractivity contribution in [2.45, 2.75) is 38.5 Å². The second-order valence-electron chi connectivity index (χ2n) is 6.82. The summed E-state index contributed by atoms with van der Waals surface area (Å²) in [6.07, 6.45) is 1.90. The molecule has 0 aromatic heterocycles. The third-order valence-electron chi connectivity index (χ3n) is 4.64. The number of fused-ring (bicyclic) bond motifs is 1. The Labute approximate surface area is 163 Å². The molecule has 2 aromatic rings. The van der Waals surface area contributed by atoms with E-state index in [1.54, 1.807) is 11.0 Å². The molecule has 0 atom stereocenters. The number of rotatable bonds is 7. The molecule has 0 saturated heterocycles. The van der Waals surface area contributed by atoms with E-state index < -0.39 is 27.4 Å². The number of amides is 1. The molecule has 150 valence electrons. The molecule has 0 aliphatic carbocycles. The number of nitrogens with zero attached hydrogens (tertiary/aromatic N) is 1. The number of carbonyl (C=O) groups is 1. The fourth-order valence-electron chi connectivity index (χ4n) is 3.30. The molecule has 1 aliphatic rings. The van der Waals surface area contributed by atoms with Crippen LogP contribution in [0.4, 0.5) is 14.5 Å². The largest absolute Gasteiger partial charge is 0.312 e. The van der Waals surface area contributed by atoms with Crippen molar-refractivity contribution in [2.24, 2.45) is 0 Å². The highest BCUT2D eigenvalue weighted by Crippen LogP contribution is 2.29. The fourth-order valence-corrected chi connectivity index (χ4v) is 4.41. The van der Waals surface area contributed by atoms with Crippen LogP contribution in [-0.2, 0) is 33.5 Å². The Kier molecular flexibility index (Phi) is 6.10. The predicted molar refractivity (Wildman–Crippen MR) is 103 cm³/mol. The zero-order valence-corrected chi connectivity index (χ0v) is 16.4. The van der Waals surface area contributed by atoms with Crippen molar-refractivity contribution in [3.05, 3.63) is 64.7 Å². The molecule has 8 heteroatoms. The van der Waals surface area contributed by atoms with Gasteiger partial charge in [0.05, 0.1) is 5.75 Å². The normalized spacial score (nSPS) is 14.2. The Balaban J connectivity index is 1.71. The highest BCUT2D eigenvalue weighted by molar-refractivity contribution is 7.88. The summed E-state index contributed by atoms with van der Waals surface area (Å²) in [5.41, 5.74) is 2.40. The lowest BCUT2D eigenvalue weighted by Gasteiger charge is -2.29. The third kappa shape index (κ3) is 4.74. The standard InChI is InChI=1S/C20H22F2N2O3S/c1-2-9-24-19-7-3-14(10-15(19)4-8-20(24)25)12-23-28(26,27)13-16-11-17(21)5-6-18(16)22/h3,5-7,10-11,23H,2,4,8-9,12-13H2,1H3. The van der Waals surface area contributed by atoms with Crippen molar-refractivity contribution in [1.82, 2.24) is 4.72 Å². The maximum absolute atomic E-state index is 13.7. The average molecular weight is 408 g/mol. The van der Waals surface area contributed by atoms with Crippen molar-refractivity contribution >= 4 is 21.6 Å². The van der Waals surface area contributed by atoms with Crippen molar-refractivity contribution in [2.75, 3.05) is 11.4 Å². The second kappa shape index (κ2) is 8.36. The lowest BCUT2D eigenvalue weighted by molar-refractivity contribution is -0.118. The number of hydrogen-bond donors (Lipinski definition) is 1. The smallest absolute Gasteiger partial charge is 0.227 e. The lowest BCUT2D eigenvalue weighted by Crippen LogP contribution is -2.35. The molecule has 0 bridgehead atoms. The maximum Gasteiger partial charge on any atom is 0.227 e. The van der Waals surface area contributed by atoms with Crippen LogP contribution in [0.1, 0.15) is 36.5 Å². The summed E-state index contributed by atoms with van der Waals surface area (Å²) < 4.78 is 53.9. The number of anilines is 1. The predicted octanol–water partition coefficient (Wildman–Crippen LogP) is 3.27. The van der Waals surface area contributed by atoms with Gasteiger partial charge in [-0.15, -0.1) is 0 Å². The summed E-state index contributed by atoms with van der Waals surface area (Å²) in [5.74, 6) is -1.99. The highest BCUT2D eigenvalue weighted by atomic mass is 32.2. The van der Waals surface area contributed by atoms with Crippen molar-refractivity contribution < 1.29 is 22.0 Å². The minimum atomic E-state index is -3.84. The summed E-state index contributed by atoms with van der Waals surface area (Å²) in [7, 11) is -3.84. The van der Waals surface area contributed by atoms with E-state index in [0.29, 0.717) is 19.4 Å². The first-order valence-electron chi connectivity index (χ1n) is 9.12. The minimum absolute atomic E-state index is 0.0360. The van der Waals surface area contributed by atoms with Gasteiger partial charge in [-0.05, 0) is 48.2 Å². The molecule has 5 nitrogen and oxygen atoms in total. The van der Waals surface area contributed by atoms with Crippen molar-refractivity contribution in [1.29, 1.82) is 0 Å². The molecule has 1 amide bonds. The van der Waals surface area contributed by atoms with E-state index >= 15 is 0 Å². The highest BCUT2D eigenvalue weighted by Gasteiger charge is 2.23. The number of aryl methyl sites for hydroxylation is 1. The van der Waals surface area contributed by atoms with Gasteiger partial charge in [0.1, 0.15) is 11.6 Å². The molecule has 0 unspecified atom stereocenters. The minimum Gasteiger partial charge on any atom is -0.312 e. The molecular formula is C20H22F2N2O3S. The van der Waals surface area contributed by atoms with Gasteiger partial charge in [-0.1, -0.05) is 19.1 Å².